The van der Waals surface area contributed by atoms with Gasteiger partial charge < -0.3 is 9.52 Å². The van der Waals surface area contributed by atoms with Gasteiger partial charge in [-0.15, -0.1) is 0 Å². The number of alkyl halides is 3. The minimum absolute atomic E-state index is 0.0505. The van der Waals surface area contributed by atoms with Crippen molar-refractivity contribution in [2.45, 2.75) is 6.18 Å². The smallest absolute Gasteiger partial charge is 0.416 e. The fourth-order valence-electron chi connectivity index (χ4n) is 2.37. The summed E-state index contributed by atoms with van der Waals surface area (Å²) in [5.74, 6) is -1.54. The van der Waals surface area contributed by atoms with E-state index in [-0.39, 0.29) is 31.3 Å². The van der Waals surface area contributed by atoms with E-state index in [9.17, 15) is 22.8 Å². The lowest BCUT2D eigenvalue weighted by atomic mass is 10.1. The molecule has 0 unspecified atom stereocenters. The summed E-state index contributed by atoms with van der Waals surface area (Å²) in [6, 6.07) is 5.74. The van der Waals surface area contributed by atoms with E-state index < -0.39 is 30.2 Å². The van der Waals surface area contributed by atoms with E-state index in [1.165, 1.54) is 18.2 Å². The molecule has 0 saturated carbocycles. The third-order valence-corrected chi connectivity index (χ3v) is 5.33. The summed E-state index contributed by atoms with van der Waals surface area (Å²) >= 11 is 11.9. The van der Waals surface area contributed by atoms with Gasteiger partial charge in [0.25, 0.3) is 5.91 Å². The highest BCUT2D eigenvalue weighted by Crippen LogP contribution is 2.37. The molecule has 2 aromatic rings. The van der Waals surface area contributed by atoms with Crippen LogP contribution < -0.4 is 0 Å². The van der Waals surface area contributed by atoms with Crippen molar-refractivity contribution in [2.75, 3.05) is 6.54 Å². The molecular weight excluding hydrogens is 439 g/mol. The molecule has 1 fully saturated rings. The second-order valence-corrected chi connectivity index (χ2v) is 7.64. The van der Waals surface area contributed by atoms with E-state index in [2.05, 4.69) is 0 Å². The molecule has 0 radical (unpaired) electrons. The summed E-state index contributed by atoms with van der Waals surface area (Å²) < 4.78 is 44.3. The van der Waals surface area contributed by atoms with Crippen molar-refractivity contribution >= 4 is 57.9 Å². The van der Waals surface area contributed by atoms with Crippen molar-refractivity contribution in [1.29, 1.82) is 0 Å². The quantitative estimate of drug-likeness (QED) is 0.530. The summed E-state index contributed by atoms with van der Waals surface area (Å²) in [6.07, 6.45) is -3.20. The predicted molar refractivity (Wildman–Crippen MR) is 102 cm³/mol. The van der Waals surface area contributed by atoms with Crippen LogP contribution in [0.15, 0.2) is 39.7 Å². The number of thioether (sulfide) groups is 1. The molecule has 1 N–H and O–H groups in total. The number of furan rings is 1. The average Bonchev–Trinajstić information content (AvgIpc) is 3.15. The number of benzene rings is 1. The summed E-state index contributed by atoms with van der Waals surface area (Å²) in [6.45, 7) is -0.564. The zero-order valence-electron chi connectivity index (χ0n) is 13.6. The molecule has 0 atom stereocenters. The molecule has 0 aliphatic carbocycles. The first-order valence-corrected chi connectivity index (χ1v) is 9.10. The van der Waals surface area contributed by atoms with Gasteiger partial charge in [-0.25, -0.2) is 0 Å². The van der Waals surface area contributed by atoms with Gasteiger partial charge in [-0.3, -0.25) is 14.5 Å². The van der Waals surface area contributed by atoms with Crippen LogP contribution >= 0.6 is 35.6 Å². The number of thiocarbonyl (C=S) groups is 1. The second-order valence-electron chi connectivity index (χ2n) is 5.56. The number of aliphatic carboxylic acids is 1. The number of carbonyl (C=O) groups excluding carboxylic acids is 1. The lowest BCUT2D eigenvalue weighted by Crippen LogP contribution is -2.33. The molecule has 1 aliphatic rings. The van der Waals surface area contributed by atoms with Crippen molar-refractivity contribution in [3.63, 3.8) is 0 Å². The van der Waals surface area contributed by atoms with Crippen LogP contribution in [0.2, 0.25) is 5.02 Å². The Balaban J connectivity index is 1.90. The fourth-order valence-corrected chi connectivity index (χ4v) is 3.81. The van der Waals surface area contributed by atoms with Gasteiger partial charge in [0.05, 0.1) is 15.5 Å². The second kappa shape index (κ2) is 7.61. The lowest BCUT2D eigenvalue weighted by molar-refractivity contribution is -0.140. The molecule has 28 heavy (non-hydrogen) atoms. The molecule has 0 bridgehead atoms. The fraction of sp³-hybridized carbons (Fsp3) is 0.118. The van der Waals surface area contributed by atoms with Gasteiger partial charge in [0.2, 0.25) is 0 Å². The first-order chi connectivity index (χ1) is 13.1. The molecule has 2 heterocycles. The van der Waals surface area contributed by atoms with E-state index in [1.54, 1.807) is 0 Å². The van der Waals surface area contributed by atoms with Gasteiger partial charge in [0.1, 0.15) is 22.4 Å². The Morgan fingerprint density at radius 2 is 2.04 bits per heavy atom. The van der Waals surface area contributed by atoms with Crippen molar-refractivity contribution in [3.05, 3.63) is 51.6 Å². The van der Waals surface area contributed by atoms with E-state index in [4.69, 9.17) is 33.3 Å². The number of nitrogens with zero attached hydrogens (tertiary/aromatic N) is 1. The third-order valence-electron chi connectivity index (χ3n) is 3.63. The predicted octanol–water partition coefficient (Wildman–Crippen LogP) is 4.90. The maximum Gasteiger partial charge on any atom is 0.416 e. The maximum absolute atomic E-state index is 12.9. The van der Waals surface area contributed by atoms with Crippen molar-refractivity contribution < 1.29 is 32.3 Å². The SMILES string of the molecule is O=C(O)CN1C(=O)/C(=C\c2ccc(-c3cc(C(F)(F)F)ccc3Cl)o2)SC1=S. The standard InChI is InChI=1S/C17H9ClF3NO4S2/c18-11-3-1-8(17(19,20)21)5-10(11)12-4-2-9(26-12)6-13-15(25)22(7-14(23)24)16(27)28-13/h1-6H,7H2,(H,23,24)/b13-6+. The number of carbonyl (C=O) groups is 2. The minimum atomic E-state index is -4.53. The highest BCUT2D eigenvalue weighted by Gasteiger charge is 2.34. The van der Waals surface area contributed by atoms with Crippen molar-refractivity contribution in [2.24, 2.45) is 0 Å². The van der Waals surface area contributed by atoms with Crippen LogP contribution in [0.5, 0.6) is 0 Å². The number of amides is 1. The van der Waals surface area contributed by atoms with Crippen LogP contribution in [0.3, 0.4) is 0 Å². The maximum atomic E-state index is 12.9. The highest BCUT2D eigenvalue weighted by atomic mass is 35.5. The van der Waals surface area contributed by atoms with Crippen LogP contribution in [0.25, 0.3) is 17.4 Å². The van der Waals surface area contributed by atoms with Gasteiger partial charge >= 0.3 is 12.1 Å². The topological polar surface area (TPSA) is 70.8 Å². The Morgan fingerprint density at radius 3 is 2.68 bits per heavy atom. The Labute approximate surface area is 170 Å². The summed E-state index contributed by atoms with van der Waals surface area (Å²) in [5, 5.41) is 8.90. The van der Waals surface area contributed by atoms with Crippen LogP contribution in [-0.2, 0) is 15.8 Å². The number of hydrogen-bond donors (Lipinski definition) is 1. The number of carboxylic acids is 1. The van der Waals surface area contributed by atoms with Gasteiger partial charge in [0, 0.05) is 11.6 Å². The monoisotopic (exact) mass is 447 g/mol. The first kappa shape index (κ1) is 20.4. The largest absolute Gasteiger partial charge is 0.480 e. The first-order valence-electron chi connectivity index (χ1n) is 7.50. The summed E-state index contributed by atoms with van der Waals surface area (Å²) in [7, 11) is 0. The van der Waals surface area contributed by atoms with Crippen LogP contribution in [0.1, 0.15) is 11.3 Å². The molecule has 11 heteroatoms. The molecule has 0 spiro atoms. The number of rotatable bonds is 4. The van der Waals surface area contributed by atoms with Crippen molar-refractivity contribution in [1.82, 2.24) is 4.90 Å². The van der Waals surface area contributed by atoms with Crippen LogP contribution in [0, 0.1) is 0 Å². The minimum Gasteiger partial charge on any atom is -0.480 e. The molecule has 3 rings (SSSR count). The molecule has 1 aliphatic heterocycles. The van der Waals surface area contributed by atoms with E-state index >= 15 is 0 Å². The Bertz CT molecular complexity index is 1020. The number of hydrogen-bond acceptors (Lipinski definition) is 5. The third kappa shape index (κ3) is 4.23. The Hall–Kier alpha value is -2.30. The summed E-state index contributed by atoms with van der Waals surface area (Å²) in [5.41, 5.74) is -0.825. The van der Waals surface area contributed by atoms with Gasteiger partial charge in [-0.05, 0) is 30.3 Å². The van der Waals surface area contributed by atoms with Gasteiger partial charge in [-0.2, -0.15) is 13.2 Å². The van der Waals surface area contributed by atoms with E-state index in [0.29, 0.717) is 0 Å². The van der Waals surface area contributed by atoms with Crippen LogP contribution in [-0.4, -0.2) is 32.7 Å². The zero-order chi connectivity index (χ0) is 20.6. The number of carboxylic acid groups (broad SMARTS) is 1. The van der Waals surface area contributed by atoms with Gasteiger partial charge in [0.15, 0.2) is 0 Å². The highest BCUT2D eigenvalue weighted by molar-refractivity contribution is 8.26. The molecule has 1 amide bonds. The van der Waals surface area contributed by atoms with Crippen molar-refractivity contribution in [3.8, 4) is 11.3 Å². The lowest BCUT2D eigenvalue weighted by Gasteiger charge is -2.10. The molecule has 5 nitrogen and oxygen atoms in total. The average molecular weight is 448 g/mol. The normalized spacial score (nSPS) is 16.3. The van der Waals surface area contributed by atoms with E-state index in [0.717, 1.165) is 34.9 Å². The summed E-state index contributed by atoms with van der Waals surface area (Å²) in [4.78, 5) is 24.1. The Kier molecular flexibility index (Phi) is 5.55. The molecule has 1 aromatic carbocycles. The van der Waals surface area contributed by atoms with Gasteiger partial charge in [-0.1, -0.05) is 35.6 Å². The Morgan fingerprint density at radius 1 is 1.32 bits per heavy atom. The molecule has 1 aromatic heterocycles. The molecule has 146 valence electrons. The number of halogens is 4. The molecular formula is C17H9ClF3NO4S2. The van der Waals surface area contributed by atoms with Crippen LogP contribution in [0.4, 0.5) is 13.2 Å². The molecule has 1 saturated heterocycles. The zero-order valence-corrected chi connectivity index (χ0v) is 16.0. The van der Waals surface area contributed by atoms with E-state index in [1.807, 2.05) is 0 Å².